The standard InChI is InChI=1S/C17H25N5O3/c1-12(2)5-6-14(23)21-7-9-22(10-8-21)15-13(11-18)16(24)20(4)17(25)19(15)3/h12H,5-10H2,1-4H3. The van der Waals surface area contributed by atoms with E-state index in [-0.39, 0.29) is 11.5 Å². The molecule has 1 aromatic rings. The SMILES string of the molecule is CC(C)CCC(=O)N1CCN(c2c(C#N)c(=O)n(C)c(=O)n2C)CC1. The molecule has 0 saturated carbocycles. The fourth-order valence-electron chi connectivity index (χ4n) is 3.04. The molecule has 136 valence electrons. The van der Waals surface area contributed by atoms with Gasteiger partial charge in [0.1, 0.15) is 11.9 Å². The number of amides is 1. The molecule has 0 radical (unpaired) electrons. The van der Waals surface area contributed by atoms with Crippen LogP contribution < -0.4 is 16.1 Å². The Hall–Kier alpha value is -2.56. The molecule has 0 aliphatic carbocycles. The van der Waals surface area contributed by atoms with Gasteiger partial charge in [-0.3, -0.25) is 18.7 Å². The molecule has 1 fully saturated rings. The van der Waals surface area contributed by atoms with E-state index in [0.717, 1.165) is 11.0 Å². The number of nitriles is 1. The Morgan fingerprint density at radius 3 is 2.24 bits per heavy atom. The first-order valence-electron chi connectivity index (χ1n) is 8.50. The van der Waals surface area contributed by atoms with Crippen LogP contribution in [0.4, 0.5) is 5.82 Å². The molecule has 0 bridgehead atoms. The quantitative estimate of drug-likeness (QED) is 0.767. The molecule has 1 amide bonds. The van der Waals surface area contributed by atoms with E-state index < -0.39 is 11.2 Å². The van der Waals surface area contributed by atoms with Gasteiger partial charge in [0.2, 0.25) is 5.91 Å². The zero-order valence-corrected chi connectivity index (χ0v) is 15.3. The van der Waals surface area contributed by atoms with Gasteiger partial charge in [-0.1, -0.05) is 13.8 Å². The van der Waals surface area contributed by atoms with Crippen LogP contribution in [0.25, 0.3) is 0 Å². The number of rotatable bonds is 4. The molecule has 0 unspecified atom stereocenters. The van der Waals surface area contributed by atoms with Crippen molar-refractivity contribution in [1.29, 1.82) is 5.26 Å². The molecular weight excluding hydrogens is 322 g/mol. The molecule has 1 saturated heterocycles. The number of hydrogen-bond acceptors (Lipinski definition) is 5. The van der Waals surface area contributed by atoms with Gasteiger partial charge in [-0.25, -0.2) is 4.79 Å². The number of hydrogen-bond donors (Lipinski definition) is 0. The predicted octanol–water partition coefficient (Wildman–Crippen LogP) is 0.0405. The van der Waals surface area contributed by atoms with Gasteiger partial charge in [0.25, 0.3) is 5.56 Å². The highest BCUT2D eigenvalue weighted by molar-refractivity contribution is 5.76. The van der Waals surface area contributed by atoms with Gasteiger partial charge >= 0.3 is 5.69 Å². The molecule has 0 atom stereocenters. The van der Waals surface area contributed by atoms with E-state index in [1.54, 1.807) is 7.05 Å². The highest BCUT2D eigenvalue weighted by Crippen LogP contribution is 2.17. The highest BCUT2D eigenvalue weighted by atomic mass is 16.2. The van der Waals surface area contributed by atoms with E-state index in [1.165, 1.54) is 11.6 Å². The Bertz CT molecular complexity index is 807. The predicted molar refractivity (Wildman–Crippen MR) is 94.5 cm³/mol. The number of piperazine rings is 1. The summed E-state index contributed by atoms with van der Waals surface area (Å²) in [5, 5.41) is 9.36. The number of carbonyl (C=O) groups is 1. The Labute approximate surface area is 146 Å². The zero-order chi connectivity index (χ0) is 18.7. The van der Waals surface area contributed by atoms with Gasteiger partial charge in [0, 0.05) is 46.7 Å². The first kappa shape index (κ1) is 18.8. The van der Waals surface area contributed by atoms with Crippen LogP contribution >= 0.6 is 0 Å². The van der Waals surface area contributed by atoms with Gasteiger partial charge in [-0.2, -0.15) is 5.26 Å². The minimum absolute atomic E-state index is 0.0378. The van der Waals surface area contributed by atoms with Crippen molar-refractivity contribution in [2.24, 2.45) is 20.0 Å². The van der Waals surface area contributed by atoms with Crippen molar-refractivity contribution < 1.29 is 4.79 Å². The van der Waals surface area contributed by atoms with Crippen molar-refractivity contribution in [3.05, 3.63) is 26.4 Å². The minimum atomic E-state index is -0.587. The summed E-state index contributed by atoms with van der Waals surface area (Å²) < 4.78 is 2.27. The van der Waals surface area contributed by atoms with E-state index in [0.29, 0.717) is 44.3 Å². The van der Waals surface area contributed by atoms with Crippen molar-refractivity contribution in [2.75, 3.05) is 31.1 Å². The van der Waals surface area contributed by atoms with Crippen LogP contribution in [-0.2, 0) is 18.9 Å². The monoisotopic (exact) mass is 347 g/mol. The first-order valence-corrected chi connectivity index (χ1v) is 8.50. The molecule has 8 nitrogen and oxygen atoms in total. The maximum Gasteiger partial charge on any atom is 0.332 e. The van der Waals surface area contributed by atoms with Crippen LogP contribution in [0, 0.1) is 17.2 Å². The lowest BCUT2D eigenvalue weighted by Crippen LogP contribution is -2.51. The summed E-state index contributed by atoms with van der Waals surface area (Å²) in [5.41, 5.74) is -1.09. The lowest BCUT2D eigenvalue weighted by Gasteiger charge is -2.37. The Morgan fingerprint density at radius 2 is 1.72 bits per heavy atom. The molecule has 1 aliphatic rings. The van der Waals surface area contributed by atoms with Crippen LogP contribution in [0.15, 0.2) is 9.59 Å². The van der Waals surface area contributed by atoms with Gasteiger partial charge < -0.3 is 9.80 Å². The summed E-state index contributed by atoms with van der Waals surface area (Å²) in [4.78, 5) is 40.2. The third-order valence-electron chi connectivity index (χ3n) is 4.61. The summed E-state index contributed by atoms with van der Waals surface area (Å²) in [6.07, 6.45) is 1.40. The topological polar surface area (TPSA) is 91.3 Å². The molecule has 8 heteroatoms. The summed E-state index contributed by atoms with van der Waals surface area (Å²) in [6, 6.07) is 1.92. The normalized spacial score (nSPS) is 14.7. The van der Waals surface area contributed by atoms with Crippen molar-refractivity contribution in [3.8, 4) is 6.07 Å². The summed E-state index contributed by atoms with van der Waals surface area (Å²) in [5.74, 6) is 0.954. The lowest BCUT2D eigenvalue weighted by molar-refractivity contribution is -0.131. The van der Waals surface area contributed by atoms with E-state index in [4.69, 9.17) is 0 Å². The largest absolute Gasteiger partial charge is 0.353 e. The Kier molecular flexibility index (Phi) is 5.67. The smallest absolute Gasteiger partial charge is 0.332 e. The van der Waals surface area contributed by atoms with Crippen molar-refractivity contribution in [3.63, 3.8) is 0 Å². The maximum atomic E-state index is 12.2. The average molecular weight is 347 g/mol. The molecule has 25 heavy (non-hydrogen) atoms. The fourth-order valence-corrected chi connectivity index (χ4v) is 3.04. The summed E-state index contributed by atoms with van der Waals surface area (Å²) in [7, 11) is 2.92. The molecule has 0 spiro atoms. The number of anilines is 1. The van der Waals surface area contributed by atoms with Crippen LogP contribution in [0.1, 0.15) is 32.3 Å². The minimum Gasteiger partial charge on any atom is -0.353 e. The van der Waals surface area contributed by atoms with E-state index in [1.807, 2.05) is 15.9 Å². The molecule has 2 heterocycles. The molecular formula is C17H25N5O3. The van der Waals surface area contributed by atoms with Gasteiger partial charge in [-0.05, 0) is 12.3 Å². The molecule has 0 N–H and O–H groups in total. The summed E-state index contributed by atoms with van der Waals surface area (Å²) in [6.45, 7) is 6.19. The second kappa shape index (κ2) is 7.55. The van der Waals surface area contributed by atoms with Crippen molar-refractivity contribution in [2.45, 2.75) is 26.7 Å². The lowest BCUT2D eigenvalue weighted by atomic mass is 10.1. The number of nitrogens with zero attached hydrogens (tertiary/aromatic N) is 5. The summed E-state index contributed by atoms with van der Waals surface area (Å²) >= 11 is 0. The van der Waals surface area contributed by atoms with Crippen LogP contribution in [-0.4, -0.2) is 46.1 Å². The molecule has 1 aliphatic heterocycles. The third-order valence-corrected chi connectivity index (χ3v) is 4.61. The van der Waals surface area contributed by atoms with Crippen molar-refractivity contribution >= 4 is 11.7 Å². The van der Waals surface area contributed by atoms with Crippen LogP contribution in [0.2, 0.25) is 0 Å². The van der Waals surface area contributed by atoms with E-state index in [2.05, 4.69) is 13.8 Å². The molecule has 0 aromatic carbocycles. The second-order valence-electron chi connectivity index (χ2n) is 6.82. The molecule has 2 rings (SSSR count). The number of carbonyl (C=O) groups excluding carboxylic acids is 1. The van der Waals surface area contributed by atoms with Crippen LogP contribution in [0.5, 0.6) is 0 Å². The number of aromatic nitrogens is 2. The highest BCUT2D eigenvalue weighted by Gasteiger charge is 2.26. The first-order chi connectivity index (χ1) is 11.8. The van der Waals surface area contributed by atoms with Crippen molar-refractivity contribution in [1.82, 2.24) is 14.0 Å². The van der Waals surface area contributed by atoms with Gasteiger partial charge in [-0.15, -0.1) is 0 Å². The fraction of sp³-hybridized carbons (Fsp3) is 0.647. The van der Waals surface area contributed by atoms with Gasteiger partial charge in [0.15, 0.2) is 5.56 Å². The Morgan fingerprint density at radius 1 is 1.12 bits per heavy atom. The van der Waals surface area contributed by atoms with E-state index >= 15 is 0 Å². The Balaban J connectivity index is 2.19. The van der Waals surface area contributed by atoms with E-state index in [9.17, 15) is 19.6 Å². The zero-order valence-electron chi connectivity index (χ0n) is 15.3. The maximum absolute atomic E-state index is 12.2. The third kappa shape index (κ3) is 3.76. The van der Waals surface area contributed by atoms with Crippen LogP contribution in [0.3, 0.4) is 0 Å². The second-order valence-corrected chi connectivity index (χ2v) is 6.82. The van der Waals surface area contributed by atoms with Gasteiger partial charge in [0.05, 0.1) is 0 Å². The molecule has 1 aromatic heterocycles. The average Bonchev–Trinajstić information content (AvgIpc) is 2.60.